The predicted molar refractivity (Wildman–Crippen MR) is 83.8 cm³/mol. The molecule has 100 valence electrons. The second kappa shape index (κ2) is 6.82. The third-order valence-electron chi connectivity index (χ3n) is 2.43. The molecule has 1 aromatic heterocycles. The van der Waals surface area contributed by atoms with Crippen molar-refractivity contribution >= 4 is 31.9 Å². The lowest BCUT2D eigenvalue weighted by atomic mass is 10.2. The van der Waals surface area contributed by atoms with E-state index in [2.05, 4.69) is 43.6 Å². The summed E-state index contributed by atoms with van der Waals surface area (Å²) in [6.07, 6.45) is 1.19. The van der Waals surface area contributed by atoms with Crippen LogP contribution in [0.3, 0.4) is 0 Å². The van der Waals surface area contributed by atoms with Gasteiger partial charge in [-0.25, -0.2) is 4.98 Å². The van der Waals surface area contributed by atoms with Crippen LogP contribution >= 0.6 is 27.3 Å². The molecule has 1 aromatic carbocycles. The Labute approximate surface area is 125 Å². The van der Waals surface area contributed by atoms with Crippen molar-refractivity contribution in [1.29, 1.82) is 0 Å². The Balaban J connectivity index is 0.000000163. The zero-order valence-corrected chi connectivity index (χ0v) is 13.2. The number of nitrogens with zero attached hydrogens (tertiary/aromatic N) is 2. The summed E-state index contributed by atoms with van der Waals surface area (Å²) in [5.41, 5.74) is 2.30. The Morgan fingerprint density at radius 1 is 1.32 bits per heavy atom. The van der Waals surface area contributed by atoms with Crippen LogP contribution in [0.1, 0.15) is 19.0 Å². The second-order valence-corrected chi connectivity index (χ2v) is 6.02. The van der Waals surface area contributed by atoms with E-state index in [9.17, 15) is 0 Å². The maximum Gasteiger partial charge on any atom is 0.131 e. The van der Waals surface area contributed by atoms with Gasteiger partial charge in [0.1, 0.15) is 15.7 Å². The third-order valence-corrected chi connectivity index (χ3v) is 3.91. The van der Waals surface area contributed by atoms with E-state index in [-0.39, 0.29) is 6.10 Å². The van der Waals surface area contributed by atoms with E-state index in [0.29, 0.717) is 0 Å². The van der Waals surface area contributed by atoms with Crippen molar-refractivity contribution in [2.45, 2.75) is 26.4 Å². The highest BCUT2D eigenvalue weighted by Gasteiger charge is 2.11. The van der Waals surface area contributed by atoms with Gasteiger partial charge in [-0.3, -0.25) is 0 Å². The fourth-order valence-electron chi connectivity index (χ4n) is 1.53. The maximum absolute atomic E-state index is 4.81. The molecule has 0 aliphatic carbocycles. The summed E-state index contributed by atoms with van der Waals surface area (Å²) in [7, 11) is 0. The van der Waals surface area contributed by atoms with E-state index in [1.807, 2.05) is 32.0 Å². The van der Waals surface area contributed by atoms with Crippen LogP contribution in [0.25, 0.3) is 10.6 Å². The molecule has 0 bridgehead atoms. The quantitative estimate of drug-likeness (QED) is 0.760. The van der Waals surface area contributed by atoms with Crippen LogP contribution in [0.15, 0.2) is 40.9 Å². The van der Waals surface area contributed by atoms with Gasteiger partial charge in [-0.15, -0.1) is 11.3 Å². The number of thiazole rings is 1. The Morgan fingerprint density at radius 3 is 2.47 bits per heavy atom. The van der Waals surface area contributed by atoms with Crippen molar-refractivity contribution in [2.75, 3.05) is 0 Å². The number of oxime groups is 1. The maximum atomic E-state index is 4.81. The van der Waals surface area contributed by atoms with Gasteiger partial charge >= 0.3 is 0 Å². The molecule has 0 saturated heterocycles. The minimum Gasteiger partial charge on any atom is -0.392 e. The minimum atomic E-state index is 0.273. The molecule has 2 aromatic rings. The monoisotopic (exact) mass is 338 g/mol. The standard InChI is InChI=1S/C10H9NS.C4H6BrNO/c1-8-7-12-10(11-8)9-5-3-2-4-6-9;1-3-2-4(5)6-7-3/h2-7H,1H3;3H,2H2,1H3. The smallest absolute Gasteiger partial charge is 0.131 e. The van der Waals surface area contributed by atoms with Crippen molar-refractivity contribution < 1.29 is 4.84 Å². The molecule has 0 radical (unpaired) electrons. The first-order valence-corrected chi connectivity index (χ1v) is 7.68. The van der Waals surface area contributed by atoms with E-state index >= 15 is 0 Å². The summed E-state index contributed by atoms with van der Waals surface area (Å²) < 4.78 is 0.917. The predicted octanol–water partition coefficient (Wildman–Crippen LogP) is 4.62. The SMILES string of the molecule is CC1CC(Br)=NO1.Cc1csc(-c2ccccc2)n1. The summed E-state index contributed by atoms with van der Waals surface area (Å²) in [5.74, 6) is 0. The first kappa shape index (κ1) is 14.2. The van der Waals surface area contributed by atoms with E-state index < -0.39 is 0 Å². The second-order valence-electron chi connectivity index (χ2n) is 4.25. The number of hydrogen-bond donors (Lipinski definition) is 0. The van der Waals surface area contributed by atoms with Crippen molar-refractivity contribution in [3.63, 3.8) is 0 Å². The number of halogens is 1. The topological polar surface area (TPSA) is 34.5 Å². The Hall–Kier alpha value is -1.20. The molecule has 1 unspecified atom stereocenters. The van der Waals surface area contributed by atoms with E-state index in [4.69, 9.17) is 4.84 Å². The van der Waals surface area contributed by atoms with Gasteiger partial charge in [-0.05, 0) is 29.8 Å². The van der Waals surface area contributed by atoms with E-state index in [1.54, 1.807) is 11.3 Å². The van der Waals surface area contributed by atoms with Crippen molar-refractivity contribution in [3.8, 4) is 10.6 Å². The first-order chi connectivity index (χ1) is 9.15. The van der Waals surface area contributed by atoms with E-state index in [1.165, 1.54) is 5.56 Å². The number of rotatable bonds is 1. The summed E-state index contributed by atoms with van der Waals surface area (Å²) in [5, 5.41) is 6.83. The summed E-state index contributed by atoms with van der Waals surface area (Å²) in [4.78, 5) is 9.21. The molecule has 2 heterocycles. The van der Waals surface area contributed by atoms with Gasteiger partial charge in [0.05, 0.1) is 0 Å². The molecule has 0 amide bonds. The third kappa shape index (κ3) is 4.44. The lowest BCUT2D eigenvalue weighted by Crippen LogP contribution is -1.96. The number of benzene rings is 1. The van der Waals surface area contributed by atoms with Gasteiger partial charge in [0, 0.05) is 23.1 Å². The molecule has 3 rings (SSSR count). The fraction of sp³-hybridized carbons (Fsp3) is 0.286. The molecule has 1 aliphatic heterocycles. The van der Waals surface area contributed by atoms with Crippen LogP contribution in [-0.4, -0.2) is 15.7 Å². The van der Waals surface area contributed by atoms with Crippen LogP contribution < -0.4 is 0 Å². The lowest BCUT2D eigenvalue weighted by Gasteiger charge is -1.93. The molecular weight excluding hydrogens is 324 g/mol. The summed E-state index contributed by atoms with van der Waals surface area (Å²) in [6, 6.07) is 10.2. The van der Waals surface area contributed by atoms with Gasteiger partial charge in [0.2, 0.25) is 0 Å². The van der Waals surface area contributed by atoms with Crippen LogP contribution in [-0.2, 0) is 4.84 Å². The Morgan fingerprint density at radius 2 is 2.05 bits per heavy atom. The van der Waals surface area contributed by atoms with Crippen LogP contribution in [0.4, 0.5) is 0 Å². The van der Waals surface area contributed by atoms with Gasteiger partial charge in [-0.2, -0.15) is 0 Å². The highest BCUT2D eigenvalue weighted by molar-refractivity contribution is 9.18. The molecule has 0 N–H and O–H groups in total. The highest BCUT2D eigenvalue weighted by atomic mass is 79.9. The molecule has 0 fully saturated rings. The average molecular weight is 339 g/mol. The molecule has 0 saturated carbocycles. The summed E-state index contributed by atoms with van der Waals surface area (Å²) in [6.45, 7) is 4.00. The molecule has 19 heavy (non-hydrogen) atoms. The number of aromatic nitrogens is 1. The zero-order chi connectivity index (χ0) is 13.7. The van der Waals surface area contributed by atoms with Crippen LogP contribution in [0.5, 0.6) is 0 Å². The van der Waals surface area contributed by atoms with Gasteiger partial charge in [0.15, 0.2) is 0 Å². The Bertz CT molecular complexity index is 554. The lowest BCUT2D eigenvalue weighted by molar-refractivity contribution is 0.0996. The largest absolute Gasteiger partial charge is 0.392 e. The molecule has 1 atom stereocenters. The van der Waals surface area contributed by atoms with E-state index in [0.717, 1.165) is 21.7 Å². The zero-order valence-electron chi connectivity index (χ0n) is 10.8. The molecular formula is C14H15BrN2OS. The van der Waals surface area contributed by atoms with Gasteiger partial charge < -0.3 is 4.84 Å². The number of hydrogen-bond acceptors (Lipinski definition) is 4. The average Bonchev–Trinajstić information content (AvgIpc) is 3.00. The number of aryl methyl sites for hydroxylation is 1. The van der Waals surface area contributed by atoms with Crippen molar-refractivity contribution in [1.82, 2.24) is 4.98 Å². The first-order valence-electron chi connectivity index (χ1n) is 6.01. The molecule has 5 heteroatoms. The molecule has 0 spiro atoms. The van der Waals surface area contributed by atoms with Gasteiger partial charge in [0.25, 0.3) is 0 Å². The summed E-state index contributed by atoms with van der Waals surface area (Å²) >= 11 is 4.90. The molecule has 1 aliphatic rings. The van der Waals surface area contributed by atoms with Crippen molar-refractivity contribution in [3.05, 3.63) is 41.4 Å². The normalized spacial score (nSPS) is 17.2. The fourth-order valence-corrected chi connectivity index (χ4v) is 2.87. The van der Waals surface area contributed by atoms with Crippen molar-refractivity contribution in [2.24, 2.45) is 5.16 Å². The molecule has 3 nitrogen and oxygen atoms in total. The Kier molecular flexibility index (Phi) is 5.10. The van der Waals surface area contributed by atoms with Crippen LogP contribution in [0.2, 0.25) is 0 Å². The minimum absolute atomic E-state index is 0.273. The highest BCUT2D eigenvalue weighted by Crippen LogP contribution is 2.22. The van der Waals surface area contributed by atoms with Crippen LogP contribution in [0, 0.1) is 6.92 Å². The van der Waals surface area contributed by atoms with Gasteiger partial charge in [-0.1, -0.05) is 35.5 Å².